The molecule has 0 aromatic heterocycles. The number of amides is 1. The van der Waals surface area contributed by atoms with Gasteiger partial charge in [0.15, 0.2) is 17.5 Å². The molecule has 9 nitrogen and oxygen atoms in total. The molecule has 3 rings (SSSR count). The van der Waals surface area contributed by atoms with Crippen LogP contribution in [0.25, 0.3) is 0 Å². The Hall–Kier alpha value is -2.84. The highest BCUT2D eigenvalue weighted by Gasteiger charge is 2.24. The summed E-state index contributed by atoms with van der Waals surface area (Å²) >= 11 is 0. The topological polar surface area (TPSA) is 93.7 Å². The number of piperidine rings is 1. The summed E-state index contributed by atoms with van der Waals surface area (Å²) < 4.78 is 21.4. The minimum absolute atomic E-state index is 0.232. The number of rotatable bonds is 6. The Morgan fingerprint density at radius 3 is 2.82 bits per heavy atom. The number of guanidine groups is 1. The molecule has 0 saturated carbocycles. The Morgan fingerprint density at radius 1 is 1.29 bits per heavy atom. The van der Waals surface area contributed by atoms with Crippen molar-refractivity contribution < 1.29 is 23.7 Å². The summed E-state index contributed by atoms with van der Waals surface area (Å²) in [7, 11) is 1.74. The first-order chi connectivity index (χ1) is 13.7. The van der Waals surface area contributed by atoms with Gasteiger partial charge in [-0.05, 0) is 31.9 Å². The molecule has 0 bridgehead atoms. The number of nitrogens with zero attached hydrogens (tertiary/aromatic N) is 2. The molecule has 2 aliphatic rings. The molecule has 0 radical (unpaired) electrons. The maximum atomic E-state index is 11.8. The molecule has 0 spiro atoms. The molecule has 1 amide bonds. The van der Waals surface area contributed by atoms with Crippen LogP contribution < -0.4 is 24.8 Å². The van der Waals surface area contributed by atoms with Crippen LogP contribution >= 0.6 is 0 Å². The number of hydrogen-bond donors (Lipinski definition) is 2. The fourth-order valence-electron chi connectivity index (χ4n) is 3.11. The van der Waals surface area contributed by atoms with Crippen molar-refractivity contribution in [3.8, 4) is 17.2 Å². The number of carbonyl (C=O) groups excluding carboxylic acids is 1. The van der Waals surface area contributed by atoms with Gasteiger partial charge in [-0.25, -0.2) is 4.79 Å². The quantitative estimate of drug-likeness (QED) is 0.431. The van der Waals surface area contributed by atoms with E-state index >= 15 is 0 Å². The Bertz CT molecular complexity index is 689. The van der Waals surface area contributed by atoms with E-state index < -0.39 is 0 Å². The predicted molar refractivity (Wildman–Crippen MR) is 104 cm³/mol. The van der Waals surface area contributed by atoms with Gasteiger partial charge in [0.2, 0.25) is 6.79 Å². The molecule has 2 aliphatic heterocycles. The van der Waals surface area contributed by atoms with Crippen LogP contribution in [0.15, 0.2) is 23.2 Å². The Kier molecular flexibility index (Phi) is 7.05. The smallest absolute Gasteiger partial charge is 0.409 e. The van der Waals surface area contributed by atoms with E-state index in [1.54, 1.807) is 11.9 Å². The summed E-state index contributed by atoms with van der Waals surface area (Å²) in [4.78, 5) is 17.8. The van der Waals surface area contributed by atoms with Crippen LogP contribution in [-0.4, -0.2) is 69.7 Å². The van der Waals surface area contributed by atoms with Gasteiger partial charge >= 0.3 is 6.09 Å². The summed E-state index contributed by atoms with van der Waals surface area (Å²) in [5, 5.41) is 6.64. The third kappa shape index (κ3) is 5.34. The summed E-state index contributed by atoms with van der Waals surface area (Å²) in [6, 6.07) is 5.80. The van der Waals surface area contributed by atoms with E-state index in [1.165, 1.54) is 0 Å². The summed E-state index contributed by atoms with van der Waals surface area (Å²) in [5.74, 6) is 2.91. The summed E-state index contributed by atoms with van der Waals surface area (Å²) in [6.07, 6.45) is 1.48. The first-order valence-electron chi connectivity index (χ1n) is 9.61. The van der Waals surface area contributed by atoms with Crippen molar-refractivity contribution in [2.75, 3.05) is 46.7 Å². The first kappa shape index (κ1) is 19.9. The standard InChI is InChI=1S/C19H28N4O5/c1-3-25-19(24)23-9-6-14(7-10-23)22-18(20-2)21-8-11-26-15-4-5-16-17(12-15)28-13-27-16/h4-5,12,14H,3,6-11,13H2,1-2H3,(H2,20,21,22). The second kappa shape index (κ2) is 9.91. The van der Waals surface area contributed by atoms with Gasteiger partial charge in [-0.1, -0.05) is 0 Å². The van der Waals surface area contributed by atoms with Gasteiger partial charge in [0, 0.05) is 32.2 Å². The number of carbonyl (C=O) groups is 1. The number of ether oxygens (including phenoxy) is 4. The lowest BCUT2D eigenvalue weighted by Gasteiger charge is -2.32. The Morgan fingerprint density at radius 2 is 2.07 bits per heavy atom. The molecule has 2 heterocycles. The van der Waals surface area contributed by atoms with Crippen LogP contribution in [0.1, 0.15) is 19.8 Å². The van der Waals surface area contributed by atoms with Crippen molar-refractivity contribution in [1.82, 2.24) is 15.5 Å². The molecule has 1 aromatic rings. The van der Waals surface area contributed by atoms with Crippen LogP contribution in [0.2, 0.25) is 0 Å². The van der Waals surface area contributed by atoms with E-state index in [9.17, 15) is 4.79 Å². The molecular weight excluding hydrogens is 364 g/mol. The van der Waals surface area contributed by atoms with Crippen LogP contribution in [0, 0.1) is 0 Å². The number of nitrogens with one attached hydrogen (secondary N) is 2. The van der Waals surface area contributed by atoms with E-state index in [0.717, 1.165) is 30.3 Å². The van der Waals surface area contributed by atoms with Crippen molar-refractivity contribution in [3.63, 3.8) is 0 Å². The highest BCUT2D eigenvalue weighted by atomic mass is 16.7. The molecule has 1 saturated heterocycles. The lowest BCUT2D eigenvalue weighted by molar-refractivity contribution is 0.0963. The lowest BCUT2D eigenvalue weighted by Crippen LogP contribution is -2.50. The molecule has 0 atom stereocenters. The maximum Gasteiger partial charge on any atom is 0.409 e. The van der Waals surface area contributed by atoms with E-state index in [4.69, 9.17) is 18.9 Å². The lowest BCUT2D eigenvalue weighted by atomic mass is 10.1. The van der Waals surface area contributed by atoms with Crippen LogP contribution in [-0.2, 0) is 4.74 Å². The molecule has 0 unspecified atom stereocenters. The second-order valence-corrected chi connectivity index (χ2v) is 6.47. The molecular formula is C19H28N4O5. The molecule has 9 heteroatoms. The molecule has 2 N–H and O–H groups in total. The minimum Gasteiger partial charge on any atom is -0.492 e. The van der Waals surface area contributed by atoms with Gasteiger partial charge in [-0.2, -0.15) is 0 Å². The minimum atomic E-state index is -0.232. The first-order valence-corrected chi connectivity index (χ1v) is 9.61. The van der Waals surface area contributed by atoms with E-state index in [-0.39, 0.29) is 18.9 Å². The van der Waals surface area contributed by atoms with Crippen molar-refractivity contribution in [2.45, 2.75) is 25.8 Å². The zero-order valence-corrected chi connectivity index (χ0v) is 16.4. The van der Waals surface area contributed by atoms with E-state index in [2.05, 4.69) is 15.6 Å². The number of benzene rings is 1. The fourth-order valence-corrected chi connectivity index (χ4v) is 3.11. The third-order valence-electron chi connectivity index (χ3n) is 4.59. The highest BCUT2D eigenvalue weighted by molar-refractivity contribution is 5.80. The average molecular weight is 392 g/mol. The number of likely N-dealkylation sites (tertiary alicyclic amines) is 1. The number of fused-ring (bicyclic) bond motifs is 1. The average Bonchev–Trinajstić information content (AvgIpc) is 3.19. The van der Waals surface area contributed by atoms with Crippen molar-refractivity contribution in [1.29, 1.82) is 0 Å². The van der Waals surface area contributed by atoms with Crippen molar-refractivity contribution >= 4 is 12.1 Å². The van der Waals surface area contributed by atoms with Crippen LogP contribution in [0.3, 0.4) is 0 Å². The molecule has 1 fully saturated rings. The zero-order chi connectivity index (χ0) is 19.8. The van der Waals surface area contributed by atoms with E-state index in [0.29, 0.717) is 38.6 Å². The second-order valence-electron chi connectivity index (χ2n) is 6.47. The molecule has 0 aliphatic carbocycles. The van der Waals surface area contributed by atoms with Crippen molar-refractivity contribution in [3.05, 3.63) is 18.2 Å². The Balaban J connectivity index is 1.34. The third-order valence-corrected chi connectivity index (χ3v) is 4.59. The van der Waals surface area contributed by atoms with E-state index in [1.807, 2.05) is 25.1 Å². The number of aliphatic imine (C=N–C) groups is 1. The number of hydrogen-bond acceptors (Lipinski definition) is 6. The monoisotopic (exact) mass is 392 g/mol. The van der Waals surface area contributed by atoms with Gasteiger partial charge in [-0.15, -0.1) is 0 Å². The van der Waals surface area contributed by atoms with Crippen LogP contribution in [0.5, 0.6) is 17.2 Å². The van der Waals surface area contributed by atoms with Crippen molar-refractivity contribution in [2.24, 2.45) is 4.99 Å². The molecule has 1 aromatic carbocycles. The highest BCUT2D eigenvalue weighted by Crippen LogP contribution is 2.34. The van der Waals surface area contributed by atoms with Crippen LogP contribution in [0.4, 0.5) is 4.79 Å². The summed E-state index contributed by atoms with van der Waals surface area (Å²) in [5.41, 5.74) is 0. The molecule has 154 valence electrons. The van der Waals surface area contributed by atoms with Gasteiger partial charge in [-0.3, -0.25) is 4.99 Å². The zero-order valence-electron chi connectivity index (χ0n) is 16.4. The van der Waals surface area contributed by atoms with Gasteiger partial charge < -0.3 is 34.5 Å². The Labute approximate surface area is 165 Å². The predicted octanol–water partition coefficient (Wildman–Crippen LogP) is 1.58. The molecule has 28 heavy (non-hydrogen) atoms. The summed E-state index contributed by atoms with van der Waals surface area (Å²) in [6.45, 7) is 4.93. The SMILES string of the molecule is CCOC(=O)N1CCC(NC(=NC)NCCOc2ccc3c(c2)OCO3)CC1. The van der Waals surface area contributed by atoms with Gasteiger partial charge in [0.25, 0.3) is 0 Å². The van der Waals surface area contributed by atoms with Gasteiger partial charge in [0.1, 0.15) is 12.4 Å². The van der Waals surface area contributed by atoms with Gasteiger partial charge in [0.05, 0.1) is 13.2 Å². The largest absolute Gasteiger partial charge is 0.492 e. The maximum absolute atomic E-state index is 11.8. The fraction of sp³-hybridized carbons (Fsp3) is 0.579. The normalized spacial score (nSPS) is 16.6.